The molecule has 0 saturated heterocycles. The van der Waals surface area contributed by atoms with Crippen LogP contribution in [0, 0.1) is 5.92 Å². The van der Waals surface area contributed by atoms with Crippen LogP contribution >= 0.6 is 11.6 Å². The van der Waals surface area contributed by atoms with Gasteiger partial charge in [0.2, 0.25) is 17.7 Å². The summed E-state index contributed by atoms with van der Waals surface area (Å²) >= 11 is 5.27. The second-order valence-corrected chi connectivity index (χ2v) is 3.56. The molecular weight excluding hydrogens is 234 g/mol. The molecule has 6 nitrogen and oxygen atoms in total. The minimum atomic E-state index is -0.879. The van der Waals surface area contributed by atoms with Gasteiger partial charge in [0.25, 0.3) is 0 Å². The van der Waals surface area contributed by atoms with Gasteiger partial charge in [-0.25, -0.2) is 0 Å². The third kappa shape index (κ3) is 4.97. The molecule has 0 aliphatic carbocycles. The zero-order valence-electron chi connectivity index (χ0n) is 9.25. The summed E-state index contributed by atoms with van der Waals surface area (Å²) in [5, 5.41) is 4.87. The van der Waals surface area contributed by atoms with Crippen LogP contribution in [0.2, 0.25) is 0 Å². The van der Waals surface area contributed by atoms with Crippen molar-refractivity contribution in [3.05, 3.63) is 0 Å². The molecule has 0 aromatic carbocycles. The van der Waals surface area contributed by atoms with Crippen molar-refractivity contribution in [1.82, 2.24) is 10.6 Å². The first-order valence-corrected chi connectivity index (χ1v) is 5.40. The lowest BCUT2D eigenvalue weighted by Gasteiger charge is -2.18. The molecule has 0 spiro atoms. The molecule has 0 aromatic heterocycles. The summed E-state index contributed by atoms with van der Waals surface area (Å²) in [5.74, 6) is -2.65. The quantitative estimate of drug-likeness (QED) is 0.330. The molecule has 3 amide bonds. The van der Waals surface area contributed by atoms with E-state index in [0.717, 1.165) is 0 Å². The average molecular weight is 250 g/mol. The predicted octanol–water partition coefficient (Wildman–Crippen LogP) is -0.685. The Hall–Kier alpha value is -1.30. The standard InChI is InChI=1S/C9H16ClN3O3/c1-3-6(8(11)15)9(16)13-5(2)12-7(14)4-10/h5-6H,3-4H2,1-2H3,(H2,11,15)(H,12,14)(H,13,16). The lowest BCUT2D eigenvalue weighted by atomic mass is 10.1. The molecule has 0 rings (SSSR count). The number of carbonyl (C=O) groups is 3. The van der Waals surface area contributed by atoms with E-state index in [1.807, 2.05) is 0 Å². The Balaban J connectivity index is 4.22. The second-order valence-electron chi connectivity index (χ2n) is 3.29. The van der Waals surface area contributed by atoms with Crippen molar-refractivity contribution < 1.29 is 14.4 Å². The van der Waals surface area contributed by atoms with Crippen LogP contribution in [0.15, 0.2) is 0 Å². The summed E-state index contributed by atoms with van der Waals surface area (Å²) in [4.78, 5) is 33.3. The minimum absolute atomic E-state index is 0.187. The molecule has 2 atom stereocenters. The monoisotopic (exact) mass is 249 g/mol. The van der Waals surface area contributed by atoms with Gasteiger partial charge in [-0.2, -0.15) is 0 Å². The van der Waals surface area contributed by atoms with Crippen LogP contribution in [-0.4, -0.2) is 29.8 Å². The molecule has 0 radical (unpaired) electrons. The second kappa shape index (κ2) is 7.05. The molecule has 92 valence electrons. The predicted molar refractivity (Wildman–Crippen MR) is 59.4 cm³/mol. The number of halogens is 1. The number of primary amides is 1. The molecule has 0 fully saturated rings. The van der Waals surface area contributed by atoms with Crippen LogP contribution in [-0.2, 0) is 14.4 Å². The first kappa shape index (κ1) is 14.7. The van der Waals surface area contributed by atoms with Crippen LogP contribution in [0.25, 0.3) is 0 Å². The molecule has 0 aromatic rings. The van der Waals surface area contributed by atoms with Gasteiger partial charge in [0, 0.05) is 0 Å². The number of carbonyl (C=O) groups excluding carboxylic acids is 3. The number of rotatable bonds is 6. The van der Waals surface area contributed by atoms with Gasteiger partial charge in [-0.1, -0.05) is 6.92 Å². The van der Waals surface area contributed by atoms with E-state index in [4.69, 9.17) is 17.3 Å². The number of hydrogen-bond donors (Lipinski definition) is 3. The highest BCUT2D eigenvalue weighted by Crippen LogP contribution is 2.01. The van der Waals surface area contributed by atoms with Crippen LogP contribution in [0.4, 0.5) is 0 Å². The summed E-state index contributed by atoms with van der Waals surface area (Å²) in [6, 6.07) is 0. The summed E-state index contributed by atoms with van der Waals surface area (Å²) in [6.45, 7) is 3.24. The van der Waals surface area contributed by atoms with Gasteiger partial charge in [-0.3, -0.25) is 14.4 Å². The minimum Gasteiger partial charge on any atom is -0.369 e. The lowest BCUT2D eigenvalue weighted by Crippen LogP contribution is -2.50. The summed E-state index contributed by atoms with van der Waals surface area (Å²) in [7, 11) is 0. The van der Waals surface area contributed by atoms with Crippen molar-refractivity contribution in [3.8, 4) is 0 Å². The maximum absolute atomic E-state index is 11.5. The normalized spacial score (nSPS) is 13.7. The zero-order chi connectivity index (χ0) is 12.7. The van der Waals surface area contributed by atoms with Gasteiger partial charge in [-0.05, 0) is 13.3 Å². The molecule has 16 heavy (non-hydrogen) atoms. The summed E-state index contributed by atoms with van der Waals surface area (Å²) in [5.41, 5.74) is 5.04. The van der Waals surface area contributed by atoms with E-state index < -0.39 is 29.8 Å². The van der Waals surface area contributed by atoms with E-state index in [2.05, 4.69) is 10.6 Å². The molecule has 0 aliphatic rings. The lowest BCUT2D eigenvalue weighted by molar-refractivity contribution is -0.134. The molecule has 2 unspecified atom stereocenters. The Bertz CT molecular complexity index is 283. The molecular formula is C9H16ClN3O3. The smallest absolute Gasteiger partial charge is 0.236 e. The Labute approximate surface area is 98.9 Å². The van der Waals surface area contributed by atoms with E-state index >= 15 is 0 Å². The number of hydrogen-bond acceptors (Lipinski definition) is 3. The molecule has 0 heterocycles. The van der Waals surface area contributed by atoms with Crippen LogP contribution in [0.1, 0.15) is 20.3 Å². The Kier molecular flexibility index (Phi) is 6.48. The van der Waals surface area contributed by atoms with Gasteiger partial charge in [0.1, 0.15) is 11.8 Å². The number of nitrogens with two attached hydrogens (primary N) is 1. The molecule has 0 aliphatic heterocycles. The van der Waals surface area contributed by atoms with Gasteiger partial charge >= 0.3 is 0 Å². The van der Waals surface area contributed by atoms with E-state index in [1.54, 1.807) is 13.8 Å². The van der Waals surface area contributed by atoms with Gasteiger partial charge in [0.15, 0.2) is 0 Å². The third-order valence-electron chi connectivity index (χ3n) is 1.93. The first-order valence-electron chi connectivity index (χ1n) is 4.87. The van der Waals surface area contributed by atoms with Gasteiger partial charge in [-0.15, -0.1) is 11.6 Å². The largest absolute Gasteiger partial charge is 0.369 e. The topological polar surface area (TPSA) is 101 Å². The van der Waals surface area contributed by atoms with Crippen molar-refractivity contribution in [2.75, 3.05) is 5.88 Å². The van der Waals surface area contributed by atoms with Crippen LogP contribution in [0.3, 0.4) is 0 Å². The van der Waals surface area contributed by atoms with E-state index in [1.165, 1.54) is 0 Å². The van der Waals surface area contributed by atoms with Crippen molar-refractivity contribution in [3.63, 3.8) is 0 Å². The molecule has 7 heteroatoms. The summed E-state index contributed by atoms with van der Waals surface area (Å²) in [6.07, 6.45) is -0.274. The number of amides is 3. The van der Waals surface area contributed by atoms with Crippen molar-refractivity contribution in [2.45, 2.75) is 26.4 Å². The third-order valence-corrected chi connectivity index (χ3v) is 2.17. The zero-order valence-corrected chi connectivity index (χ0v) is 10.0. The van der Waals surface area contributed by atoms with E-state index in [9.17, 15) is 14.4 Å². The maximum Gasteiger partial charge on any atom is 0.236 e. The fourth-order valence-electron chi connectivity index (χ4n) is 1.15. The molecule has 4 N–H and O–H groups in total. The Morgan fingerprint density at radius 1 is 1.31 bits per heavy atom. The van der Waals surface area contributed by atoms with Gasteiger partial charge in [0.05, 0.1) is 6.17 Å². The highest BCUT2D eigenvalue weighted by molar-refractivity contribution is 6.27. The molecule has 0 bridgehead atoms. The van der Waals surface area contributed by atoms with E-state index in [0.29, 0.717) is 6.42 Å². The van der Waals surface area contributed by atoms with Crippen LogP contribution in [0.5, 0.6) is 0 Å². The fourth-order valence-corrected chi connectivity index (χ4v) is 1.22. The average Bonchev–Trinajstić information content (AvgIpc) is 2.17. The van der Waals surface area contributed by atoms with Crippen molar-refractivity contribution in [2.24, 2.45) is 11.7 Å². The van der Waals surface area contributed by atoms with Crippen molar-refractivity contribution in [1.29, 1.82) is 0 Å². The first-order chi connectivity index (χ1) is 7.42. The fraction of sp³-hybridized carbons (Fsp3) is 0.667. The number of nitrogens with one attached hydrogen (secondary N) is 2. The van der Waals surface area contributed by atoms with Crippen molar-refractivity contribution >= 4 is 29.3 Å². The van der Waals surface area contributed by atoms with Crippen LogP contribution < -0.4 is 16.4 Å². The van der Waals surface area contributed by atoms with Gasteiger partial charge < -0.3 is 16.4 Å². The molecule has 0 saturated carbocycles. The Morgan fingerprint density at radius 2 is 1.88 bits per heavy atom. The highest BCUT2D eigenvalue weighted by atomic mass is 35.5. The SMILES string of the molecule is CCC(C(N)=O)C(=O)NC(C)NC(=O)CCl. The Morgan fingerprint density at radius 3 is 2.25 bits per heavy atom. The number of alkyl halides is 1. The maximum atomic E-state index is 11.5. The van der Waals surface area contributed by atoms with E-state index in [-0.39, 0.29) is 5.88 Å². The summed E-state index contributed by atoms with van der Waals surface area (Å²) < 4.78 is 0. The highest BCUT2D eigenvalue weighted by Gasteiger charge is 2.23.